The minimum atomic E-state index is -0.0140. The zero-order chi connectivity index (χ0) is 12.3. The average Bonchev–Trinajstić information content (AvgIpc) is 2.34. The second kappa shape index (κ2) is 5.62. The number of carbonyl (C=O) groups excluding carboxylic acids is 1. The summed E-state index contributed by atoms with van der Waals surface area (Å²) in [7, 11) is 0. The molecular weight excluding hydrogens is 284 g/mol. The van der Waals surface area contributed by atoms with Crippen molar-refractivity contribution in [3.8, 4) is 0 Å². The predicted octanol–water partition coefficient (Wildman–Crippen LogP) is 1.14. The molecule has 1 fully saturated rings. The second-order valence-electron chi connectivity index (χ2n) is 4.05. The third kappa shape index (κ3) is 3.06. The summed E-state index contributed by atoms with van der Waals surface area (Å²) in [5, 5.41) is 0. The molecule has 5 heteroatoms. The zero-order valence-corrected chi connectivity index (χ0v) is 11.0. The molecule has 0 saturated carbocycles. The molecule has 2 N–H and O–H groups in total. The third-order valence-electron chi connectivity index (χ3n) is 2.84. The molecule has 0 bridgehead atoms. The van der Waals surface area contributed by atoms with Crippen LogP contribution in [0.1, 0.15) is 5.56 Å². The van der Waals surface area contributed by atoms with Crippen molar-refractivity contribution >= 4 is 21.8 Å². The van der Waals surface area contributed by atoms with Gasteiger partial charge in [0.1, 0.15) is 6.61 Å². The molecule has 1 atom stereocenters. The van der Waals surface area contributed by atoms with E-state index in [0.717, 1.165) is 10.0 Å². The Bertz CT molecular complexity index is 394. The van der Waals surface area contributed by atoms with Gasteiger partial charge in [0.25, 0.3) is 0 Å². The fraction of sp³-hybridized carbons (Fsp3) is 0.417. The molecule has 1 unspecified atom stereocenters. The number of amides is 1. The molecule has 1 aromatic rings. The number of carbonyl (C=O) groups is 1. The Labute approximate surface area is 109 Å². The quantitative estimate of drug-likeness (QED) is 0.910. The van der Waals surface area contributed by atoms with Gasteiger partial charge in [-0.25, -0.2) is 0 Å². The van der Waals surface area contributed by atoms with E-state index in [1.165, 1.54) is 0 Å². The van der Waals surface area contributed by atoms with Crippen LogP contribution < -0.4 is 5.73 Å². The number of nitrogens with two attached hydrogens (primary N) is 1. The Morgan fingerprint density at radius 2 is 2.12 bits per heavy atom. The maximum atomic E-state index is 11.8. The summed E-state index contributed by atoms with van der Waals surface area (Å²) in [6.45, 7) is 1.71. The molecule has 4 nitrogen and oxygen atoms in total. The summed E-state index contributed by atoms with van der Waals surface area (Å²) in [5.74, 6) is 0.00891. The van der Waals surface area contributed by atoms with E-state index < -0.39 is 0 Å². The van der Waals surface area contributed by atoms with Crippen molar-refractivity contribution in [3.63, 3.8) is 0 Å². The van der Waals surface area contributed by atoms with Crippen molar-refractivity contribution in [1.29, 1.82) is 0 Å². The van der Waals surface area contributed by atoms with Crippen LogP contribution in [0.3, 0.4) is 0 Å². The molecule has 0 spiro atoms. The lowest BCUT2D eigenvalue weighted by Crippen LogP contribution is -2.52. The number of hydrogen-bond acceptors (Lipinski definition) is 3. The lowest BCUT2D eigenvalue weighted by Gasteiger charge is -2.34. The van der Waals surface area contributed by atoms with Gasteiger partial charge in [-0.15, -0.1) is 0 Å². The fourth-order valence-corrected chi connectivity index (χ4v) is 2.12. The summed E-state index contributed by atoms with van der Waals surface area (Å²) >= 11 is 3.39. The van der Waals surface area contributed by atoms with E-state index in [1.54, 1.807) is 4.90 Å². The third-order valence-corrected chi connectivity index (χ3v) is 3.36. The molecule has 92 valence electrons. The minimum Gasteiger partial charge on any atom is -0.369 e. The largest absolute Gasteiger partial charge is 0.369 e. The van der Waals surface area contributed by atoms with Crippen molar-refractivity contribution in [2.45, 2.75) is 12.6 Å². The van der Waals surface area contributed by atoms with Crippen LogP contribution in [0.2, 0.25) is 0 Å². The monoisotopic (exact) mass is 298 g/mol. The summed E-state index contributed by atoms with van der Waals surface area (Å²) in [4.78, 5) is 13.6. The van der Waals surface area contributed by atoms with Crippen LogP contribution >= 0.6 is 15.9 Å². The second-order valence-corrected chi connectivity index (χ2v) is 4.97. The zero-order valence-electron chi connectivity index (χ0n) is 9.43. The van der Waals surface area contributed by atoms with E-state index in [9.17, 15) is 4.79 Å². The lowest BCUT2D eigenvalue weighted by molar-refractivity contribution is -0.148. The summed E-state index contributed by atoms with van der Waals surface area (Å²) < 4.78 is 6.23. The van der Waals surface area contributed by atoms with Gasteiger partial charge >= 0.3 is 0 Å². The number of halogens is 1. The number of morpholine rings is 1. The summed E-state index contributed by atoms with van der Waals surface area (Å²) in [6, 6.07) is 7.93. The van der Waals surface area contributed by atoms with Gasteiger partial charge in [0, 0.05) is 17.6 Å². The Morgan fingerprint density at radius 1 is 1.41 bits per heavy atom. The lowest BCUT2D eigenvalue weighted by atomic mass is 10.1. The Kier molecular flexibility index (Phi) is 4.15. The van der Waals surface area contributed by atoms with Crippen molar-refractivity contribution in [1.82, 2.24) is 4.90 Å². The molecule has 1 aromatic carbocycles. The van der Waals surface area contributed by atoms with Gasteiger partial charge in [0.15, 0.2) is 0 Å². The fourth-order valence-electron chi connectivity index (χ4n) is 1.86. The normalized spacial score (nSPS) is 20.7. The summed E-state index contributed by atoms with van der Waals surface area (Å²) in [5.41, 5.74) is 6.75. The molecule has 1 heterocycles. The van der Waals surface area contributed by atoms with Crippen LogP contribution in [0.4, 0.5) is 0 Å². The van der Waals surface area contributed by atoms with Gasteiger partial charge in [0.05, 0.1) is 12.6 Å². The highest BCUT2D eigenvalue weighted by atomic mass is 79.9. The number of rotatable bonds is 3. The molecule has 0 aromatic heterocycles. The Morgan fingerprint density at radius 3 is 2.76 bits per heavy atom. The molecule has 1 saturated heterocycles. The highest BCUT2D eigenvalue weighted by Crippen LogP contribution is 2.15. The van der Waals surface area contributed by atoms with Gasteiger partial charge in [-0.3, -0.25) is 4.79 Å². The molecule has 2 rings (SSSR count). The van der Waals surface area contributed by atoms with E-state index >= 15 is 0 Å². The number of benzene rings is 1. The van der Waals surface area contributed by atoms with Crippen molar-refractivity contribution in [2.24, 2.45) is 5.73 Å². The first kappa shape index (κ1) is 12.5. The first-order chi connectivity index (χ1) is 8.20. The highest BCUT2D eigenvalue weighted by molar-refractivity contribution is 9.10. The topological polar surface area (TPSA) is 55.6 Å². The molecular formula is C12H15BrN2O2. The SMILES string of the molecule is NCC1COCC(=O)N1Cc1ccc(Br)cc1. The van der Waals surface area contributed by atoms with Crippen molar-refractivity contribution in [3.05, 3.63) is 34.3 Å². The molecule has 0 radical (unpaired) electrons. The Hall–Kier alpha value is -0.910. The Balaban J connectivity index is 2.09. The van der Waals surface area contributed by atoms with Gasteiger partial charge < -0.3 is 15.4 Å². The maximum absolute atomic E-state index is 11.8. The van der Waals surface area contributed by atoms with Gasteiger partial charge in [-0.05, 0) is 17.7 Å². The minimum absolute atomic E-state index is 0.00891. The average molecular weight is 299 g/mol. The van der Waals surface area contributed by atoms with Crippen molar-refractivity contribution < 1.29 is 9.53 Å². The van der Waals surface area contributed by atoms with E-state index in [4.69, 9.17) is 10.5 Å². The van der Waals surface area contributed by atoms with E-state index in [1.807, 2.05) is 24.3 Å². The van der Waals surface area contributed by atoms with Crippen LogP contribution in [0.5, 0.6) is 0 Å². The number of nitrogens with zero attached hydrogens (tertiary/aromatic N) is 1. The highest BCUT2D eigenvalue weighted by Gasteiger charge is 2.27. The van der Waals surface area contributed by atoms with E-state index in [0.29, 0.717) is 19.7 Å². The van der Waals surface area contributed by atoms with Crippen LogP contribution in [0.25, 0.3) is 0 Å². The predicted molar refractivity (Wildman–Crippen MR) is 68.4 cm³/mol. The molecule has 0 aliphatic carbocycles. The maximum Gasteiger partial charge on any atom is 0.249 e. The van der Waals surface area contributed by atoms with Gasteiger partial charge in [-0.1, -0.05) is 28.1 Å². The van der Waals surface area contributed by atoms with Gasteiger partial charge in [0.2, 0.25) is 5.91 Å². The number of hydrogen-bond donors (Lipinski definition) is 1. The van der Waals surface area contributed by atoms with E-state index in [-0.39, 0.29) is 18.6 Å². The summed E-state index contributed by atoms with van der Waals surface area (Å²) in [6.07, 6.45) is 0. The van der Waals surface area contributed by atoms with Crippen LogP contribution in [0.15, 0.2) is 28.7 Å². The molecule has 1 aliphatic heterocycles. The molecule has 1 amide bonds. The van der Waals surface area contributed by atoms with Crippen LogP contribution in [0, 0.1) is 0 Å². The smallest absolute Gasteiger partial charge is 0.249 e. The number of ether oxygens (including phenoxy) is 1. The standard InChI is InChI=1S/C12H15BrN2O2/c13-10-3-1-9(2-4-10)6-15-11(5-14)7-17-8-12(15)16/h1-4,11H,5-8,14H2. The van der Waals surface area contributed by atoms with Crippen LogP contribution in [-0.2, 0) is 16.1 Å². The first-order valence-electron chi connectivity index (χ1n) is 5.52. The first-order valence-corrected chi connectivity index (χ1v) is 6.31. The van der Waals surface area contributed by atoms with Crippen LogP contribution in [-0.4, -0.2) is 36.6 Å². The van der Waals surface area contributed by atoms with Gasteiger partial charge in [-0.2, -0.15) is 0 Å². The van der Waals surface area contributed by atoms with E-state index in [2.05, 4.69) is 15.9 Å². The van der Waals surface area contributed by atoms with Crippen molar-refractivity contribution in [2.75, 3.05) is 19.8 Å². The molecule has 1 aliphatic rings. The molecule has 17 heavy (non-hydrogen) atoms.